The number of thioether (sulfide) groups is 1. The molecule has 2 rings (SSSR count). The van der Waals surface area contributed by atoms with Crippen molar-refractivity contribution in [1.82, 2.24) is 9.97 Å². The second-order valence-electron chi connectivity index (χ2n) is 2.77. The van der Waals surface area contributed by atoms with E-state index in [0.29, 0.717) is 0 Å². The third-order valence-corrected chi connectivity index (χ3v) is 2.87. The van der Waals surface area contributed by atoms with E-state index in [1.165, 1.54) is 0 Å². The highest BCUT2D eigenvalue weighted by Gasteiger charge is 2.14. The number of carbonyl (C=O) groups is 1. The van der Waals surface area contributed by atoms with Crippen molar-refractivity contribution in [3.8, 4) is 0 Å². The van der Waals surface area contributed by atoms with Crippen molar-refractivity contribution in [2.24, 2.45) is 0 Å². The van der Waals surface area contributed by atoms with Crippen LogP contribution in [0.15, 0.2) is 6.20 Å². The second-order valence-corrected chi connectivity index (χ2v) is 3.88. The number of aryl methyl sites for hydroxylation is 1. The topological polar surface area (TPSA) is 63.1 Å². The van der Waals surface area contributed by atoms with Crippen molar-refractivity contribution >= 4 is 17.7 Å². The SMILES string of the molecule is O=C(O)c1ncc2c(n1)CSCC2. The zero-order valence-electron chi connectivity index (χ0n) is 6.86. The van der Waals surface area contributed by atoms with Crippen LogP contribution in [0.1, 0.15) is 21.9 Å². The van der Waals surface area contributed by atoms with E-state index in [9.17, 15) is 4.79 Å². The number of carboxylic acid groups (broad SMARTS) is 1. The van der Waals surface area contributed by atoms with Gasteiger partial charge in [0.2, 0.25) is 5.82 Å². The van der Waals surface area contributed by atoms with E-state index in [1.807, 2.05) is 0 Å². The molecule has 1 aromatic heterocycles. The number of fused-ring (bicyclic) bond motifs is 1. The average molecular weight is 196 g/mol. The number of aromatic carboxylic acids is 1. The summed E-state index contributed by atoms with van der Waals surface area (Å²) in [5.74, 6) is 0.723. The third-order valence-electron chi connectivity index (χ3n) is 1.90. The van der Waals surface area contributed by atoms with Crippen LogP contribution >= 0.6 is 11.8 Å². The predicted molar refractivity (Wildman–Crippen MR) is 48.9 cm³/mol. The van der Waals surface area contributed by atoms with Gasteiger partial charge in [0, 0.05) is 11.9 Å². The van der Waals surface area contributed by atoms with E-state index in [0.717, 1.165) is 29.2 Å². The molecule has 1 N–H and O–H groups in total. The lowest BCUT2D eigenvalue weighted by atomic mass is 10.2. The van der Waals surface area contributed by atoms with Gasteiger partial charge in [0.05, 0.1) is 5.69 Å². The van der Waals surface area contributed by atoms with Gasteiger partial charge in [-0.2, -0.15) is 11.8 Å². The van der Waals surface area contributed by atoms with Gasteiger partial charge in [-0.05, 0) is 17.7 Å². The van der Waals surface area contributed by atoms with E-state index in [2.05, 4.69) is 9.97 Å². The summed E-state index contributed by atoms with van der Waals surface area (Å²) < 4.78 is 0. The first-order valence-corrected chi connectivity index (χ1v) is 5.08. The van der Waals surface area contributed by atoms with Gasteiger partial charge in [-0.15, -0.1) is 0 Å². The molecule has 0 atom stereocenters. The lowest BCUT2D eigenvalue weighted by Gasteiger charge is -2.13. The maximum atomic E-state index is 10.6. The van der Waals surface area contributed by atoms with Crippen molar-refractivity contribution in [2.45, 2.75) is 12.2 Å². The molecule has 1 aliphatic heterocycles. The highest BCUT2D eigenvalue weighted by atomic mass is 32.2. The van der Waals surface area contributed by atoms with Gasteiger partial charge in [0.15, 0.2) is 0 Å². The minimum atomic E-state index is -1.06. The first-order valence-electron chi connectivity index (χ1n) is 3.93. The molecule has 0 bridgehead atoms. The Morgan fingerprint density at radius 2 is 2.46 bits per heavy atom. The molecule has 1 aliphatic rings. The lowest BCUT2D eigenvalue weighted by molar-refractivity contribution is 0.0683. The molecular weight excluding hydrogens is 188 g/mol. The third kappa shape index (κ3) is 1.65. The number of hydrogen-bond donors (Lipinski definition) is 1. The Bertz CT molecular complexity index is 354. The molecule has 5 heteroatoms. The van der Waals surface area contributed by atoms with Crippen LogP contribution in [-0.4, -0.2) is 26.8 Å². The first kappa shape index (κ1) is 8.50. The fourth-order valence-corrected chi connectivity index (χ4v) is 2.18. The first-order chi connectivity index (χ1) is 6.27. The Morgan fingerprint density at radius 3 is 3.23 bits per heavy atom. The largest absolute Gasteiger partial charge is 0.475 e. The monoisotopic (exact) mass is 196 g/mol. The van der Waals surface area contributed by atoms with Gasteiger partial charge >= 0.3 is 5.97 Å². The van der Waals surface area contributed by atoms with Crippen molar-refractivity contribution in [3.63, 3.8) is 0 Å². The lowest BCUT2D eigenvalue weighted by Crippen LogP contribution is -2.11. The van der Waals surface area contributed by atoms with Crippen LogP contribution in [0.25, 0.3) is 0 Å². The van der Waals surface area contributed by atoms with Gasteiger partial charge in [0.1, 0.15) is 0 Å². The summed E-state index contributed by atoms with van der Waals surface area (Å²) in [5, 5.41) is 8.65. The van der Waals surface area contributed by atoms with Gasteiger partial charge in [-0.1, -0.05) is 0 Å². The Hall–Kier alpha value is -1.10. The number of hydrogen-bond acceptors (Lipinski definition) is 4. The van der Waals surface area contributed by atoms with E-state index >= 15 is 0 Å². The normalized spacial score (nSPS) is 15.1. The molecule has 13 heavy (non-hydrogen) atoms. The summed E-state index contributed by atoms with van der Waals surface area (Å²) in [6.45, 7) is 0. The van der Waals surface area contributed by atoms with Gasteiger partial charge < -0.3 is 5.11 Å². The van der Waals surface area contributed by atoms with Gasteiger partial charge in [-0.3, -0.25) is 0 Å². The summed E-state index contributed by atoms with van der Waals surface area (Å²) in [7, 11) is 0. The quantitative estimate of drug-likeness (QED) is 0.725. The number of nitrogens with zero attached hydrogens (tertiary/aromatic N) is 2. The van der Waals surface area contributed by atoms with Crippen molar-refractivity contribution in [1.29, 1.82) is 0 Å². The molecule has 2 heterocycles. The van der Waals surface area contributed by atoms with Crippen LogP contribution in [0.5, 0.6) is 0 Å². The maximum Gasteiger partial charge on any atom is 0.373 e. The summed E-state index contributed by atoms with van der Waals surface area (Å²) in [4.78, 5) is 18.3. The summed E-state index contributed by atoms with van der Waals surface area (Å²) in [6, 6.07) is 0. The standard InChI is InChI=1S/C8H8N2O2S/c11-8(12)7-9-3-5-1-2-13-4-6(5)10-7/h3H,1-2,4H2,(H,11,12). The van der Waals surface area contributed by atoms with E-state index < -0.39 is 5.97 Å². The minimum Gasteiger partial charge on any atom is -0.475 e. The molecule has 0 saturated heterocycles. The van der Waals surface area contributed by atoms with Crippen LogP contribution in [0, 0.1) is 0 Å². The highest BCUT2D eigenvalue weighted by Crippen LogP contribution is 2.21. The summed E-state index contributed by atoms with van der Waals surface area (Å²) >= 11 is 1.77. The minimum absolute atomic E-state index is 0.0961. The Kier molecular flexibility index (Phi) is 2.18. The van der Waals surface area contributed by atoms with Crippen LogP contribution in [0.2, 0.25) is 0 Å². The number of aromatic nitrogens is 2. The Labute approximate surface area is 79.4 Å². The fraction of sp³-hybridized carbons (Fsp3) is 0.375. The molecule has 1 aromatic rings. The Morgan fingerprint density at radius 1 is 1.62 bits per heavy atom. The van der Waals surface area contributed by atoms with Gasteiger partial charge in [-0.25, -0.2) is 14.8 Å². The Balaban J connectivity index is 2.40. The predicted octanol–water partition coefficient (Wildman–Crippen LogP) is 0.964. The molecule has 0 amide bonds. The average Bonchev–Trinajstić information content (AvgIpc) is 2.17. The molecule has 0 unspecified atom stereocenters. The van der Waals surface area contributed by atoms with Crippen molar-refractivity contribution < 1.29 is 9.90 Å². The molecule has 68 valence electrons. The van der Waals surface area contributed by atoms with Crippen molar-refractivity contribution in [2.75, 3.05) is 5.75 Å². The van der Waals surface area contributed by atoms with E-state index in [1.54, 1.807) is 18.0 Å². The van der Waals surface area contributed by atoms with Gasteiger partial charge in [0.25, 0.3) is 0 Å². The van der Waals surface area contributed by atoms with E-state index in [4.69, 9.17) is 5.11 Å². The van der Waals surface area contributed by atoms with Crippen LogP contribution in [0.4, 0.5) is 0 Å². The zero-order chi connectivity index (χ0) is 9.26. The molecular formula is C8H8N2O2S. The molecule has 0 spiro atoms. The molecule has 0 aromatic carbocycles. The van der Waals surface area contributed by atoms with Crippen LogP contribution < -0.4 is 0 Å². The van der Waals surface area contributed by atoms with Crippen LogP contribution in [-0.2, 0) is 12.2 Å². The second kappa shape index (κ2) is 3.33. The summed E-state index contributed by atoms with van der Waals surface area (Å²) in [6.07, 6.45) is 2.57. The number of carboxylic acids is 1. The molecule has 4 nitrogen and oxygen atoms in total. The molecule has 0 saturated carbocycles. The molecule has 0 fully saturated rings. The highest BCUT2D eigenvalue weighted by molar-refractivity contribution is 7.98. The number of rotatable bonds is 1. The summed E-state index contributed by atoms with van der Waals surface area (Å²) in [5.41, 5.74) is 1.97. The maximum absolute atomic E-state index is 10.6. The smallest absolute Gasteiger partial charge is 0.373 e. The fourth-order valence-electron chi connectivity index (χ4n) is 1.23. The zero-order valence-corrected chi connectivity index (χ0v) is 7.67. The van der Waals surface area contributed by atoms with Crippen LogP contribution in [0.3, 0.4) is 0 Å². The van der Waals surface area contributed by atoms with E-state index in [-0.39, 0.29) is 5.82 Å². The molecule has 0 radical (unpaired) electrons. The molecule has 0 aliphatic carbocycles. The van der Waals surface area contributed by atoms with Crippen molar-refractivity contribution in [3.05, 3.63) is 23.3 Å².